The number of benzene rings is 3. The van der Waals surface area contributed by atoms with E-state index < -0.39 is 11.6 Å². The van der Waals surface area contributed by atoms with Crippen molar-refractivity contribution in [1.29, 1.82) is 0 Å². The van der Waals surface area contributed by atoms with Gasteiger partial charge < -0.3 is 0 Å². The Morgan fingerprint density at radius 3 is 1.88 bits per heavy atom. The number of unbranched alkanes of at least 4 members (excludes halogenated alkanes) is 4. The van der Waals surface area contributed by atoms with Gasteiger partial charge in [-0.2, -0.15) is 0 Å². The van der Waals surface area contributed by atoms with E-state index in [2.05, 4.69) is 6.92 Å². The third-order valence-corrected chi connectivity index (χ3v) is 10.3. The van der Waals surface area contributed by atoms with Crippen molar-refractivity contribution in [3.63, 3.8) is 0 Å². The molecule has 2 aliphatic rings. The summed E-state index contributed by atoms with van der Waals surface area (Å²) in [6, 6.07) is 16.1. The van der Waals surface area contributed by atoms with E-state index in [4.69, 9.17) is 0 Å². The molecular formula is C38H47F3. The van der Waals surface area contributed by atoms with Gasteiger partial charge in [0.25, 0.3) is 0 Å². The standard InChI is InChI=1S/C38H47F3/c1-3-4-5-6-7-8-27-10-12-28(13-11-27)29-14-18-31(19-15-29)34-24-22-33(25-36(34)39)30-16-20-32(21-17-30)35-23-9-26(2)37(40)38(35)41/h9,16-17,20-25,27-29,31H,3-8,10-15,18-19H2,1-2H3. The van der Waals surface area contributed by atoms with Crippen molar-refractivity contribution in [2.75, 3.05) is 0 Å². The number of aryl methyl sites for hydroxylation is 1. The van der Waals surface area contributed by atoms with Gasteiger partial charge in [-0.05, 0) is 103 Å². The van der Waals surface area contributed by atoms with Crippen molar-refractivity contribution in [2.24, 2.45) is 17.8 Å². The summed E-state index contributed by atoms with van der Waals surface area (Å²) in [6.45, 7) is 3.84. The lowest BCUT2D eigenvalue weighted by Gasteiger charge is -2.38. The first-order chi connectivity index (χ1) is 19.9. The molecule has 0 aromatic heterocycles. The minimum atomic E-state index is -0.830. The van der Waals surface area contributed by atoms with Crippen LogP contribution >= 0.6 is 0 Å². The molecule has 0 radical (unpaired) electrons. The van der Waals surface area contributed by atoms with Crippen molar-refractivity contribution < 1.29 is 13.2 Å². The molecule has 2 saturated carbocycles. The molecule has 2 aliphatic carbocycles. The predicted molar refractivity (Wildman–Crippen MR) is 165 cm³/mol. The van der Waals surface area contributed by atoms with E-state index >= 15 is 4.39 Å². The highest BCUT2D eigenvalue weighted by atomic mass is 19.2. The lowest BCUT2D eigenvalue weighted by Crippen LogP contribution is -2.25. The van der Waals surface area contributed by atoms with Crippen LogP contribution < -0.4 is 0 Å². The Morgan fingerprint density at radius 1 is 0.610 bits per heavy atom. The fraction of sp³-hybridized carbons (Fsp3) is 0.526. The van der Waals surface area contributed by atoms with Crippen LogP contribution in [0.3, 0.4) is 0 Å². The zero-order chi connectivity index (χ0) is 28.8. The van der Waals surface area contributed by atoms with Crippen molar-refractivity contribution >= 4 is 0 Å². The number of hydrogen-bond acceptors (Lipinski definition) is 0. The molecule has 0 heterocycles. The van der Waals surface area contributed by atoms with E-state index in [1.54, 1.807) is 37.3 Å². The molecule has 0 spiro atoms. The normalized spacial score (nSPS) is 23.0. The van der Waals surface area contributed by atoms with E-state index in [-0.39, 0.29) is 16.9 Å². The average Bonchev–Trinajstić information content (AvgIpc) is 3.00. The van der Waals surface area contributed by atoms with Crippen molar-refractivity contribution in [1.82, 2.24) is 0 Å². The summed E-state index contributed by atoms with van der Waals surface area (Å²) < 4.78 is 43.8. The van der Waals surface area contributed by atoms with E-state index in [0.29, 0.717) is 11.5 Å². The van der Waals surface area contributed by atoms with Gasteiger partial charge in [0.05, 0.1) is 0 Å². The fourth-order valence-electron chi connectivity index (χ4n) is 7.64. The van der Waals surface area contributed by atoms with Crippen LogP contribution in [0.5, 0.6) is 0 Å². The highest BCUT2D eigenvalue weighted by Gasteiger charge is 2.32. The minimum Gasteiger partial charge on any atom is -0.207 e. The smallest absolute Gasteiger partial charge is 0.166 e. The molecule has 220 valence electrons. The van der Waals surface area contributed by atoms with Crippen LogP contribution in [0, 0.1) is 42.1 Å². The largest absolute Gasteiger partial charge is 0.207 e. The molecule has 0 unspecified atom stereocenters. The molecule has 0 bridgehead atoms. The molecule has 0 amide bonds. The fourth-order valence-corrected chi connectivity index (χ4v) is 7.64. The Kier molecular flexibility index (Phi) is 10.3. The molecule has 0 N–H and O–H groups in total. The van der Waals surface area contributed by atoms with E-state index in [1.807, 2.05) is 24.3 Å². The Labute approximate surface area is 245 Å². The summed E-state index contributed by atoms with van der Waals surface area (Å²) in [5, 5.41) is 0. The Morgan fingerprint density at radius 2 is 1.22 bits per heavy atom. The molecule has 3 heteroatoms. The first kappa shape index (κ1) is 29.9. The van der Waals surface area contributed by atoms with Crippen LogP contribution in [0.15, 0.2) is 54.6 Å². The van der Waals surface area contributed by atoms with Crippen molar-refractivity contribution in [2.45, 2.75) is 110 Å². The van der Waals surface area contributed by atoms with E-state index in [1.165, 1.54) is 77.0 Å². The maximum absolute atomic E-state index is 15.4. The van der Waals surface area contributed by atoms with Crippen LogP contribution in [0.25, 0.3) is 22.3 Å². The van der Waals surface area contributed by atoms with Gasteiger partial charge in [-0.25, -0.2) is 13.2 Å². The SMILES string of the molecule is CCCCCCCC1CCC(C2CCC(c3ccc(-c4ccc(-c5ccc(C)c(F)c5F)cc4)cc3F)CC2)CC1. The lowest BCUT2D eigenvalue weighted by atomic mass is 9.68. The molecule has 0 atom stereocenters. The molecule has 41 heavy (non-hydrogen) atoms. The van der Waals surface area contributed by atoms with Crippen LogP contribution in [0.2, 0.25) is 0 Å². The topological polar surface area (TPSA) is 0 Å². The van der Waals surface area contributed by atoms with Crippen LogP contribution in [-0.2, 0) is 0 Å². The summed E-state index contributed by atoms with van der Waals surface area (Å²) in [5.74, 6) is 1.21. The molecule has 3 aromatic rings. The molecule has 0 nitrogen and oxygen atoms in total. The Bertz CT molecular complexity index is 1260. The maximum Gasteiger partial charge on any atom is 0.166 e. The molecular weight excluding hydrogens is 513 g/mol. The van der Waals surface area contributed by atoms with Gasteiger partial charge >= 0.3 is 0 Å². The first-order valence-corrected chi connectivity index (χ1v) is 16.3. The van der Waals surface area contributed by atoms with Gasteiger partial charge in [0.1, 0.15) is 5.82 Å². The number of halogens is 3. The van der Waals surface area contributed by atoms with E-state index in [0.717, 1.165) is 47.3 Å². The Hall–Kier alpha value is -2.55. The van der Waals surface area contributed by atoms with Crippen LogP contribution in [0.4, 0.5) is 13.2 Å². The number of hydrogen-bond donors (Lipinski definition) is 0. The molecule has 2 fully saturated rings. The zero-order valence-electron chi connectivity index (χ0n) is 25.0. The monoisotopic (exact) mass is 560 g/mol. The van der Waals surface area contributed by atoms with E-state index in [9.17, 15) is 8.78 Å². The second kappa shape index (κ2) is 14.1. The highest BCUT2D eigenvalue weighted by Crippen LogP contribution is 2.45. The average molecular weight is 561 g/mol. The second-order valence-electron chi connectivity index (χ2n) is 13.0. The third-order valence-electron chi connectivity index (χ3n) is 10.3. The minimum absolute atomic E-state index is 0.124. The van der Waals surface area contributed by atoms with Crippen molar-refractivity contribution in [3.05, 3.63) is 83.2 Å². The summed E-state index contributed by atoms with van der Waals surface area (Å²) in [4.78, 5) is 0. The highest BCUT2D eigenvalue weighted by molar-refractivity contribution is 5.71. The summed E-state index contributed by atoms with van der Waals surface area (Å²) in [5.41, 5.74) is 3.67. The maximum atomic E-state index is 15.4. The molecule has 5 rings (SSSR count). The summed E-state index contributed by atoms with van der Waals surface area (Å²) >= 11 is 0. The predicted octanol–water partition coefficient (Wildman–Crippen LogP) is 12.2. The quantitative estimate of drug-likeness (QED) is 0.216. The van der Waals surface area contributed by atoms with Crippen LogP contribution in [-0.4, -0.2) is 0 Å². The van der Waals surface area contributed by atoms with Gasteiger partial charge in [-0.1, -0.05) is 107 Å². The first-order valence-electron chi connectivity index (χ1n) is 16.3. The van der Waals surface area contributed by atoms with Crippen molar-refractivity contribution in [3.8, 4) is 22.3 Å². The molecule has 3 aromatic carbocycles. The van der Waals surface area contributed by atoms with Crippen LogP contribution in [0.1, 0.15) is 114 Å². The van der Waals surface area contributed by atoms with Gasteiger partial charge in [0.2, 0.25) is 0 Å². The van der Waals surface area contributed by atoms with Gasteiger partial charge in [-0.3, -0.25) is 0 Å². The summed E-state index contributed by atoms with van der Waals surface area (Å²) in [7, 11) is 0. The van der Waals surface area contributed by atoms with Gasteiger partial charge in [0, 0.05) is 5.56 Å². The molecule has 0 saturated heterocycles. The number of rotatable bonds is 10. The summed E-state index contributed by atoms with van der Waals surface area (Å²) in [6.07, 6.45) is 18.7. The van der Waals surface area contributed by atoms with Gasteiger partial charge in [-0.15, -0.1) is 0 Å². The Balaban J connectivity index is 1.13. The third kappa shape index (κ3) is 7.27. The second-order valence-corrected chi connectivity index (χ2v) is 13.0. The molecule has 0 aliphatic heterocycles. The zero-order valence-corrected chi connectivity index (χ0v) is 25.0. The lowest BCUT2D eigenvalue weighted by molar-refractivity contribution is 0.155. The van der Waals surface area contributed by atoms with Gasteiger partial charge in [0.15, 0.2) is 11.6 Å².